The Labute approximate surface area is 105 Å². The molecule has 17 heavy (non-hydrogen) atoms. The normalized spacial score (nSPS) is 18.1. The van der Waals surface area contributed by atoms with Crippen molar-refractivity contribution in [3.8, 4) is 0 Å². The Morgan fingerprint density at radius 2 is 2.12 bits per heavy atom. The third kappa shape index (κ3) is 4.57. The molecular formula is C14H23NO2. The molecule has 0 amide bonds. The second-order valence-corrected chi connectivity index (χ2v) is 3.74. The van der Waals surface area contributed by atoms with Crippen LogP contribution in [-0.4, -0.2) is 18.6 Å². The summed E-state index contributed by atoms with van der Waals surface area (Å²) >= 11 is 0. The molecule has 0 aliphatic carbocycles. The molecule has 2 rings (SSSR count). The van der Waals surface area contributed by atoms with Crippen LogP contribution < -0.4 is 5.32 Å². The fourth-order valence-electron chi connectivity index (χ4n) is 1.72. The summed E-state index contributed by atoms with van der Waals surface area (Å²) in [6.45, 7) is 5.29. The van der Waals surface area contributed by atoms with Crippen molar-refractivity contribution >= 4 is 5.97 Å². The molecule has 0 aromatic heterocycles. The van der Waals surface area contributed by atoms with Crippen LogP contribution >= 0.6 is 0 Å². The first-order valence-corrected chi connectivity index (χ1v) is 6.30. The lowest BCUT2D eigenvalue weighted by Gasteiger charge is -2.09. The first kappa shape index (κ1) is 13.7. The lowest BCUT2D eigenvalue weighted by molar-refractivity contribution is -0.147. The van der Waals surface area contributed by atoms with Crippen molar-refractivity contribution in [1.29, 1.82) is 0 Å². The number of rotatable bonds is 3. The van der Waals surface area contributed by atoms with Gasteiger partial charge in [0.1, 0.15) is 12.6 Å². The maximum atomic E-state index is 11.5. The molecule has 1 atom stereocenters. The summed E-state index contributed by atoms with van der Waals surface area (Å²) in [4.78, 5) is 11.5. The fourth-order valence-corrected chi connectivity index (χ4v) is 1.72. The third-order valence-corrected chi connectivity index (χ3v) is 2.57. The topological polar surface area (TPSA) is 38.3 Å². The molecule has 1 N–H and O–H groups in total. The molecule has 0 radical (unpaired) electrons. The van der Waals surface area contributed by atoms with Crippen molar-refractivity contribution in [3.05, 3.63) is 35.9 Å². The molecule has 0 bridgehead atoms. The quantitative estimate of drug-likeness (QED) is 0.821. The minimum atomic E-state index is -0.128. The Bertz CT molecular complexity index is 324. The number of ether oxygens (including phenoxy) is 1. The average Bonchev–Trinajstić information content (AvgIpc) is 2.93. The lowest BCUT2D eigenvalue weighted by Crippen LogP contribution is -2.32. The molecule has 1 aliphatic heterocycles. The van der Waals surface area contributed by atoms with Gasteiger partial charge < -0.3 is 10.1 Å². The first-order valence-electron chi connectivity index (χ1n) is 6.30. The maximum Gasteiger partial charge on any atom is 0.323 e. The van der Waals surface area contributed by atoms with Gasteiger partial charge >= 0.3 is 5.97 Å². The Kier molecular flexibility index (Phi) is 6.33. The number of esters is 1. The van der Waals surface area contributed by atoms with Crippen LogP contribution in [0.15, 0.2) is 30.3 Å². The largest absolute Gasteiger partial charge is 0.460 e. The summed E-state index contributed by atoms with van der Waals surface area (Å²) in [5.41, 5.74) is 1.03. The zero-order valence-corrected chi connectivity index (χ0v) is 10.6. The van der Waals surface area contributed by atoms with Gasteiger partial charge in [0.25, 0.3) is 0 Å². The Hall–Kier alpha value is -1.35. The standard InChI is InChI=1S/C12H15NO2.C2H6.H2/c14-12(11-7-4-8-13-11)15-9-10-5-2-1-3-6-10;1-2;/h1-3,5-6,11,13H,4,7-9H2;1-2H3;1H/t11-;;/m0../s1. The van der Waals surface area contributed by atoms with Gasteiger partial charge in [-0.2, -0.15) is 0 Å². The number of carbonyl (C=O) groups is 1. The monoisotopic (exact) mass is 237 g/mol. The van der Waals surface area contributed by atoms with Gasteiger partial charge in [-0.05, 0) is 24.9 Å². The summed E-state index contributed by atoms with van der Waals surface area (Å²) < 4.78 is 5.21. The van der Waals surface area contributed by atoms with E-state index in [1.54, 1.807) is 0 Å². The fraction of sp³-hybridized carbons (Fsp3) is 0.500. The van der Waals surface area contributed by atoms with E-state index in [0.717, 1.165) is 24.9 Å². The van der Waals surface area contributed by atoms with Crippen LogP contribution in [0.25, 0.3) is 0 Å². The predicted molar refractivity (Wildman–Crippen MR) is 70.7 cm³/mol. The molecular weight excluding hydrogens is 214 g/mol. The number of hydrogen-bond acceptors (Lipinski definition) is 3. The smallest absolute Gasteiger partial charge is 0.323 e. The van der Waals surface area contributed by atoms with Crippen molar-refractivity contribution < 1.29 is 11.0 Å². The van der Waals surface area contributed by atoms with Crippen LogP contribution in [0.3, 0.4) is 0 Å². The van der Waals surface area contributed by atoms with Gasteiger partial charge in [0.15, 0.2) is 0 Å². The third-order valence-electron chi connectivity index (χ3n) is 2.57. The first-order chi connectivity index (χ1) is 8.36. The molecule has 0 saturated carbocycles. The van der Waals surface area contributed by atoms with Gasteiger partial charge in [0, 0.05) is 1.43 Å². The van der Waals surface area contributed by atoms with E-state index >= 15 is 0 Å². The zero-order chi connectivity index (χ0) is 12.5. The zero-order valence-electron chi connectivity index (χ0n) is 10.6. The van der Waals surface area contributed by atoms with Crippen LogP contribution in [0.2, 0.25) is 0 Å². The van der Waals surface area contributed by atoms with E-state index < -0.39 is 0 Å². The van der Waals surface area contributed by atoms with Gasteiger partial charge in [0.2, 0.25) is 0 Å². The van der Waals surface area contributed by atoms with Gasteiger partial charge in [-0.1, -0.05) is 44.2 Å². The molecule has 0 spiro atoms. The van der Waals surface area contributed by atoms with E-state index in [-0.39, 0.29) is 13.4 Å². The molecule has 1 heterocycles. The molecule has 0 unspecified atom stereocenters. The maximum absolute atomic E-state index is 11.5. The highest BCUT2D eigenvalue weighted by Crippen LogP contribution is 2.08. The molecule has 1 aromatic carbocycles. The van der Waals surface area contributed by atoms with Gasteiger partial charge in [-0.15, -0.1) is 0 Å². The molecule has 3 nitrogen and oxygen atoms in total. The van der Waals surface area contributed by atoms with E-state index in [4.69, 9.17) is 4.74 Å². The molecule has 1 saturated heterocycles. The van der Waals surface area contributed by atoms with Crippen molar-refractivity contribution in [2.45, 2.75) is 39.3 Å². The molecule has 1 fully saturated rings. The second-order valence-electron chi connectivity index (χ2n) is 3.74. The SMILES string of the molecule is CC.O=C(OCc1ccccc1)[C@@H]1CCCN1.[HH]. The predicted octanol–water partition coefficient (Wildman–Crippen LogP) is 2.75. The molecule has 3 heteroatoms. The van der Waals surface area contributed by atoms with E-state index in [2.05, 4.69) is 5.32 Å². The van der Waals surface area contributed by atoms with Crippen molar-refractivity contribution in [3.63, 3.8) is 0 Å². The van der Waals surface area contributed by atoms with Crippen molar-refractivity contribution in [1.82, 2.24) is 5.32 Å². The summed E-state index contributed by atoms with van der Waals surface area (Å²) in [5, 5.41) is 3.12. The van der Waals surface area contributed by atoms with Gasteiger partial charge in [-0.25, -0.2) is 0 Å². The van der Waals surface area contributed by atoms with E-state index in [1.165, 1.54) is 0 Å². The number of carbonyl (C=O) groups excluding carboxylic acids is 1. The van der Waals surface area contributed by atoms with Crippen LogP contribution in [0.4, 0.5) is 0 Å². The van der Waals surface area contributed by atoms with Crippen molar-refractivity contribution in [2.75, 3.05) is 6.54 Å². The van der Waals surface area contributed by atoms with Crippen LogP contribution in [0, 0.1) is 0 Å². The average molecular weight is 237 g/mol. The molecule has 1 aliphatic rings. The summed E-state index contributed by atoms with van der Waals surface area (Å²) in [6.07, 6.45) is 1.96. The minimum absolute atomic E-state index is 0. The van der Waals surface area contributed by atoms with Crippen molar-refractivity contribution in [2.24, 2.45) is 0 Å². The number of nitrogens with one attached hydrogen (secondary N) is 1. The molecule has 1 aromatic rings. The van der Waals surface area contributed by atoms with Crippen LogP contribution in [0.5, 0.6) is 0 Å². The summed E-state index contributed by atoms with van der Waals surface area (Å²) in [5.74, 6) is -0.128. The van der Waals surface area contributed by atoms with E-state index in [1.807, 2.05) is 44.2 Å². The highest BCUT2D eigenvalue weighted by Gasteiger charge is 2.23. The Morgan fingerprint density at radius 3 is 2.71 bits per heavy atom. The summed E-state index contributed by atoms with van der Waals surface area (Å²) in [7, 11) is 0. The highest BCUT2D eigenvalue weighted by atomic mass is 16.5. The summed E-state index contributed by atoms with van der Waals surface area (Å²) in [6, 6.07) is 9.65. The highest BCUT2D eigenvalue weighted by molar-refractivity contribution is 5.76. The van der Waals surface area contributed by atoms with E-state index in [0.29, 0.717) is 6.61 Å². The Morgan fingerprint density at radius 1 is 1.41 bits per heavy atom. The minimum Gasteiger partial charge on any atom is -0.460 e. The molecule has 96 valence electrons. The second kappa shape index (κ2) is 7.85. The number of benzene rings is 1. The van der Waals surface area contributed by atoms with E-state index in [9.17, 15) is 4.79 Å². The van der Waals surface area contributed by atoms with Crippen LogP contribution in [0.1, 0.15) is 33.7 Å². The Balaban J connectivity index is 0.000000917. The van der Waals surface area contributed by atoms with Crippen LogP contribution in [-0.2, 0) is 16.1 Å². The van der Waals surface area contributed by atoms with Gasteiger partial charge in [-0.3, -0.25) is 4.79 Å². The van der Waals surface area contributed by atoms with Gasteiger partial charge in [0.05, 0.1) is 0 Å². The number of hydrogen-bond donors (Lipinski definition) is 1. The lowest BCUT2D eigenvalue weighted by atomic mass is 10.2.